The molecule has 66 valence electrons. The highest BCUT2D eigenvalue weighted by molar-refractivity contribution is 6.30. The Labute approximate surface area is 75.8 Å². The van der Waals surface area contributed by atoms with Gasteiger partial charge in [0.05, 0.1) is 6.61 Å². The Morgan fingerprint density at radius 1 is 1.33 bits per heavy atom. The summed E-state index contributed by atoms with van der Waals surface area (Å²) in [6.07, 6.45) is -0.931. The van der Waals surface area contributed by atoms with E-state index in [0.29, 0.717) is 5.02 Å². The Hall–Kier alpha value is -0.600. The molecular weight excluding hydrogens is 179 g/mol. The van der Waals surface area contributed by atoms with Crippen LogP contribution in [-0.4, -0.2) is 17.9 Å². The van der Waals surface area contributed by atoms with Gasteiger partial charge < -0.3 is 5.11 Å². The quantitative estimate of drug-likeness (QED) is 0.771. The highest BCUT2D eigenvalue weighted by atomic mass is 35.5. The minimum atomic E-state index is -1.17. The standard InChI is InChI=1S/C9H10ClFO/c10-8-3-1-7(2-4-8)5-9(11)6-12/h1-4,9,12H,5-6H2/t9-/m0/s1. The Kier molecular flexibility index (Phi) is 3.50. The lowest BCUT2D eigenvalue weighted by molar-refractivity contribution is 0.177. The molecule has 1 atom stereocenters. The van der Waals surface area contributed by atoms with E-state index in [4.69, 9.17) is 16.7 Å². The van der Waals surface area contributed by atoms with Crippen molar-refractivity contribution in [3.8, 4) is 0 Å². The SMILES string of the molecule is OC[C@@H](F)Cc1ccc(Cl)cc1. The Morgan fingerprint density at radius 3 is 2.42 bits per heavy atom. The predicted molar refractivity (Wildman–Crippen MR) is 47.1 cm³/mol. The van der Waals surface area contributed by atoms with Crippen molar-refractivity contribution in [2.45, 2.75) is 12.6 Å². The molecule has 0 spiro atoms. The largest absolute Gasteiger partial charge is 0.393 e. The fraction of sp³-hybridized carbons (Fsp3) is 0.333. The summed E-state index contributed by atoms with van der Waals surface area (Å²) >= 11 is 5.64. The molecule has 0 bridgehead atoms. The van der Waals surface area contributed by atoms with E-state index >= 15 is 0 Å². The van der Waals surface area contributed by atoms with E-state index in [2.05, 4.69) is 0 Å². The van der Waals surface area contributed by atoms with E-state index in [1.54, 1.807) is 24.3 Å². The van der Waals surface area contributed by atoms with Crippen LogP contribution in [0.3, 0.4) is 0 Å². The molecule has 1 rings (SSSR count). The van der Waals surface area contributed by atoms with Crippen molar-refractivity contribution in [3.63, 3.8) is 0 Å². The van der Waals surface area contributed by atoms with Crippen LogP contribution in [0.5, 0.6) is 0 Å². The molecule has 12 heavy (non-hydrogen) atoms. The van der Waals surface area contributed by atoms with Gasteiger partial charge in [0.15, 0.2) is 0 Å². The minimum Gasteiger partial charge on any atom is -0.393 e. The highest BCUT2D eigenvalue weighted by Gasteiger charge is 2.04. The van der Waals surface area contributed by atoms with Crippen LogP contribution in [0.4, 0.5) is 4.39 Å². The lowest BCUT2D eigenvalue weighted by Gasteiger charge is -2.03. The number of halogens is 2. The zero-order valence-corrected chi connectivity index (χ0v) is 7.26. The summed E-state index contributed by atoms with van der Waals surface area (Å²) in [5.41, 5.74) is 0.848. The fourth-order valence-electron chi connectivity index (χ4n) is 0.941. The van der Waals surface area contributed by atoms with Crippen LogP contribution in [0, 0.1) is 0 Å². The molecule has 0 aliphatic rings. The van der Waals surface area contributed by atoms with E-state index in [-0.39, 0.29) is 6.42 Å². The van der Waals surface area contributed by atoms with Crippen LogP contribution in [-0.2, 0) is 6.42 Å². The molecule has 0 heterocycles. The topological polar surface area (TPSA) is 20.2 Å². The Balaban J connectivity index is 2.58. The van der Waals surface area contributed by atoms with Gasteiger partial charge in [-0.1, -0.05) is 23.7 Å². The lowest BCUT2D eigenvalue weighted by atomic mass is 10.1. The Bertz CT molecular complexity index is 235. The first kappa shape index (κ1) is 9.49. The van der Waals surface area contributed by atoms with Gasteiger partial charge in [-0.3, -0.25) is 0 Å². The molecule has 0 fully saturated rings. The van der Waals surface area contributed by atoms with Gasteiger partial charge in [-0.25, -0.2) is 4.39 Å². The predicted octanol–water partition coefficient (Wildman–Crippen LogP) is 2.21. The smallest absolute Gasteiger partial charge is 0.127 e. The fourth-order valence-corrected chi connectivity index (χ4v) is 1.07. The monoisotopic (exact) mass is 188 g/mol. The van der Waals surface area contributed by atoms with Gasteiger partial charge in [-0.2, -0.15) is 0 Å². The number of aliphatic hydroxyl groups is 1. The summed E-state index contributed by atoms with van der Waals surface area (Å²) in [5, 5.41) is 9.09. The van der Waals surface area contributed by atoms with Crippen molar-refractivity contribution in [3.05, 3.63) is 34.9 Å². The molecule has 0 unspecified atom stereocenters. The van der Waals surface area contributed by atoms with Crippen LogP contribution >= 0.6 is 11.6 Å². The molecule has 0 aromatic heterocycles. The molecule has 1 N–H and O–H groups in total. The van der Waals surface area contributed by atoms with E-state index in [9.17, 15) is 4.39 Å². The van der Waals surface area contributed by atoms with Gasteiger partial charge in [0.1, 0.15) is 6.17 Å². The molecule has 0 aliphatic heterocycles. The van der Waals surface area contributed by atoms with E-state index in [1.807, 2.05) is 0 Å². The van der Waals surface area contributed by atoms with E-state index in [1.165, 1.54) is 0 Å². The third-order valence-electron chi connectivity index (χ3n) is 1.57. The van der Waals surface area contributed by atoms with Crippen LogP contribution in [0.25, 0.3) is 0 Å². The van der Waals surface area contributed by atoms with Crippen LogP contribution in [0.1, 0.15) is 5.56 Å². The third-order valence-corrected chi connectivity index (χ3v) is 1.82. The zero-order valence-electron chi connectivity index (χ0n) is 6.50. The summed E-state index contributed by atoms with van der Waals surface area (Å²) in [6, 6.07) is 6.93. The van der Waals surface area contributed by atoms with Gasteiger partial charge in [-0.15, -0.1) is 0 Å². The molecule has 3 heteroatoms. The van der Waals surface area contributed by atoms with Gasteiger partial charge in [0.25, 0.3) is 0 Å². The van der Waals surface area contributed by atoms with Gasteiger partial charge in [0, 0.05) is 11.4 Å². The van der Waals surface area contributed by atoms with Crippen molar-refractivity contribution in [2.75, 3.05) is 6.61 Å². The number of alkyl halides is 1. The van der Waals surface area contributed by atoms with Crippen LogP contribution in [0.15, 0.2) is 24.3 Å². The van der Waals surface area contributed by atoms with Crippen molar-refractivity contribution < 1.29 is 9.50 Å². The van der Waals surface area contributed by atoms with Crippen molar-refractivity contribution in [2.24, 2.45) is 0 Å². The lowest BCUT2D eigenvalue weighted by Crippen LogP contribution is -2.09. The molecule has 1 aromatic rings. The molecule has 1 aromatic carbocycles. The maximum atomic E-state index is 12.6. The third kappa shape index (κ3) is 2.80. The van der Waals surface area contributed by atoms with Gasteiger partial charge in [-0.05, 0) is 17.7 Å². The maximum Gasteiger partial charge on any atom is 0.127 e. The first-order chi connectivity index (χ1) is 5.72. The molecule has 0 aliphatic carbocycles. The molecule has 1 nitrogen and oxygen atoms in total. The number of aliphatic hydroxyl groups excluding tert-OH is 1. The summed E-state index contributed by atoms with van der Waals surface area (Å²) in [5.74, 6) is 0. The second-order valence-electron chi connectivity index (χ2n) is 2.61. The van der Waals surface area contributed by atoms with E-state index < -0.39 is 12.8 Å². The summed E-state index contributed by atoms with van der Waals surface area (Å²) < 4.78 is 12.6. The average Bonchev–Trinajstić information content (AvgIpc) is 2.09. The highest BCUT2D eigenvalue weighted by Crippen LogP contribution is 2.11. The number of hydrogen-bond donors (Lipinski definition) is 1. The van der Waals surface area contributed by atoms with Crippen molar-refractivity contribution in [1.29, 1.82) is 0 Å². The zero-order chi connectivity index (χ0) is 8.97. The maximum absolute atomic E-state index is 12.6. The minimum absolute atomic E-state index is 0.244. The molecule has 0 saturated heterocycles. The normalized spacial score (nSPS) is 12.9. The molecule has 0 amide bonds. The van der Waals surface area contributed by atoms with Gasteiger partial charge >= 0.3 is 0 Å². The van der Waals surface area contributed by atoms with Crippen LogP contribution < -0.4 is 0 Å². The average molecular weight is 189 g/mol. The summed E-state index contributed by atoms with van der Waals surface area (Å²) in [6.45, 7) is -0.428. The second-order valence-corrected chi connectivity index (χ2v) is 3.05. The molecule has 0 radical (unpaired) electrons. The Morgan fingerprint density at radius 2 is 1.92 bits per heavy atom. The van der Waals surface area contributed by atoms with Crippen LogP contribution in [0.2, 0.25) is 5.02 Å². The van der Waals surface area contributed by atoms with E-state index in [0.717, 1.165) is 5.56 Å². The second kappa shape index (κ2) is 4.43. The first-order valence-corrected chi connectivity index (χ1v) is 4.09. The summed E-state index contributed by atoms with van der Waals surface area (Å²) in [4.78, 5) is 0. The van der Waals surface area contributed by atoms with Gasteiger partial charge in [0.2, 0.25) is 0 Å². The number of rotatable bonds is 3. The molecular formula is C9H10ClFO. The summed E-state index contributed by atoms with van der Waals surface area (Å²) in [7, 11) is 0. The first-order valence-electron chi connectivity index (χ1n) is 3.71. The van der Waals surface area contributed by atoms with Crippen molar-refractivity contribution in [1.82, 2.24) is 0 Å². The number of benzene rings is 1. The van der Waals surface area contributed by atoms with Crippen molar-refractivity contribution >= 4 is 11.6 Å². The number of hydrogen-bond acceptors (Lipinski definition) is 1. The molecule has 0 saturated carbocycles.